The normalized spacial score (nSPS) is 17.0. The largest absolute Gasteiger partial charge is 0.371 e. The van der Waals surface area contributed by atoms with Crippen molar-refractivity contribution in [1.82, 2.24) is 5.32 Å². The lowest BCUT2D eigenvalue weighted by Gasteiger charge is -2.21. The van der Waals surface area contributed by atoms with Crippen LogP contribution in [0.3, 0.4) is 0 Å². The van der Waals surface area contributed by atoms with Crippen LogP contribution in [-0.2, 0) is 10.0 Å². The van der Waals surface area contributed by atoms with Crippen molar-refractivity contribution in [2.45, 2.75) is 18.2 Å². The average Bonchev–Trinajstić information content (AvgIpc) is 3.09. The standard InChI is InChI=1S/C19H24N4O3S/c1-14-5-2-3-8-18(14)23-10-9-15(13-23)12-21-19(24)22-16-6-4-7-17(11-16)27(20,25)26/h2-8,11,15H,9-10,12-13H2,1H3,(H2,20,25,26)(H2,21,22,24)/t15-/m1/s1. The van der Waals surface area contributed by atoms with Gasteiger partial charge >= 0.3 is 6.03 Å². The van der Waals surface area contributed by atoms with Crippen LogP contribution in [0, 0.1) is 12.8 Å². The van der Waals surface area contributed by atoms with Gasteiger partial charge in [0.2, 0.25) is 10.0 Å². The number of nitrogens with zero attached hydrogens (tertiary/aromatic N) is 1. The number of hydrogen-bond acceptors (Lipinski definition) is 4. The van der Waals surface area contributed by atoms with E-state index in [9.17, 15) is 13.2 Å². The van der Waals surface area contributed by atoms with Crippen molar-refractivity contribution in [3.63, 3.8) is 0 Å². The van der Waals surface area contributed by atoms with Gasteiger partial charge in [-0.15, -0.1) is 0 Å². The lowest BCUT2D eigenvalue weighted by Crippen LogP contribution is -2.34. The third-order valence-corrected chi connectivity index (χ3v) is 5.62. The molecule has 1 fully saturated rings. The molecule has 27 heavy (non-hydrogen) atoms. The molecule has 0 saturated carbocycles. The molecule has 7 nitrogen and oxygen atoms in total. The summed E-state index contributed by atoms with van der Waals surface area (Å²) in [5.41, 5.74) is 2.87. The maximum absolute atomic E-state index is 12.1. The first-order chi connectivity index (χ1) is 12.8. The highest BCUT2D eigenvalue weighted by Gasteiger charge is 2.23. The minimum Gasteiger partial charge on any atom is -0.371 e. The van der Waals surface area contributed by atoms with Crippen LogP contribution in [0.25, 0.3) is 0 Å². The van der Waals surface area contributed by atoms with Gasteiger partial charge in [-0.25, -0.2) is 18.4 Å². The highest BCUT2D eigenvalue weighted by atomic mass is 32.2. The van der Waals surface area contributed by atoms with E-state index in [0.29, 0.717) is 18.2 Å². The van der Waals surface area contributed by atoms with E-state index in [1.165, 1.54) is 29.4 Å². The number of carbonyl (C=O) groups is 1. The molecule has 2 amide bonds. The molecule has 1 aliphatic rings. The smallest absolute Gasteiger partial charge is 0.319 e. The molecule has 0 radical (unpaired) electrons. The van der Waals surface area contributed by atoms with Crippen molar-refractivity contribution in [2.24, 2.45) is 11.1 Å². The summed E-state index contributed by atoms with van der Waals surface area (Å²) in [6.07, 6.45) is 1.01. The van der Waals surface area contributed by atoms with Crippen LogP contribution in [0.5, 0.6) is 0 Å². The number of rotatable bonds is 5. The molecule has 2 aromatic carbocycles. The Hall–Kier alpha value is -2.58. The Labute approximate surface area is 159 Å². The third-order valence-electron chi connectivity index (χ3n) is 4.71. The molecule has 1 atom stereocenters. The summed E-state index contributed by atoms with van der Waals surface area (Å²) < 4.78 is 22.8. The van der Waals surface area contributed by atoms with Crippen LogP contribution >= 0.6 is 0 Å². The Bertz CT molecular complexity index is 930. The van der Waals surface area contributed by atoms with Crippen molar-refractivity contribution < 1.29 is 13.2 Å². The van der Waals surface area contributed by atoms with Crippen molar-refractivity contribution in [2.75, 3.05) is 29.9 Å². The second-order valence-electron chi connectivity index (χ2n) is 6.80. The minimum absolute atomic E-state index is 0.0371. The molecule has 0 aliphatic carbocycles. The van der Waals surface area contributed by atoms with Gasteiger partial charge in [-0.2, -0.15) is 0 Å². The molecule has 0 unspecified atom stereocenters. The number of sulfonamides is 1. The summed E-state index contributed by atoms with van der Waals surface area (Å²) in [5.74, 6) is 0.367. The number of para-hydroxylation sites is 1. The number of nitrogens with one attached hydrogen (secondary N) is 2. The monoisotopic (exact) mass is 388 g/mol. The van der Waals surface area contributed by atoms with E-state index in [1.54, 1.807) is 6.07 Å². The molecule has 2 aromatic rings. The highest BCUT2D eigenvalue weighted by Crippen LogP contribution is 2.26. The summed E-state index contributed by atoms with van der Waals surface area (Å²) in [6, 6.07) is 13.8. The van der Waals surface area contributed by atoms with Gasteiger partial charge in [0.15, 0.2) is 0 Å². The van der Waals surface area contributed by atoms with Crippen molar-refractivity contribution in [3.05, 3.63) is 54.1 Å². The highest BCUT2D eigenvalue weighted by molar-refractivity contribution is 7.89. The van der Waals surface area contributed by atoms with E-state index < -0.39 is 10.0 Å². The van der Waals surface area contributed by atoms with E-state index in [0.717, 1.165) is 19.5 Å². The Morgan fingerprint density at radius 1 is 1.22 bits per heavy atom. The number of aryl methyl sites for hydroxylation is 1. The fraction of sp³-hybridized carbons (Fsp3) is 0.316. The molecule has 1 heterocycles. The zero-order valence-corrected chi connectivity index (χ0v) is 16.0. The lowest BCUT2D eigenvalue weighted by atomic mass is 10.1. The van der Waals surface area contributed by atoms with E-state index in [4.69, 9.17) is 5.14 Å². The second-order valence-corrected chi connectivity index (χ2v) is 8.36. The Morgan fingerprint density at radius 3 is 2.74 bits per heavy atom. The van der Waals surface area contributed by atoms with Crippen molar-refractivity contribution in [1.29, 1.82) is 0 Å². The number of urea groups is 1. The van der Waals surface area contributed by atoms with E-state index in [2.05, 4.69) is 34.6 Å². The molecule has 1 saturated heterocycles. The summed E-state index contributed by atoms with van der Waals surface area (Å²) in [7, 11) is -3.80. The van der Waals surface area contributed by atoms with Gasteiger partial charge in [-0.3, -0.25) is 0 Å². The Balaban J connectivity index is 1.51. The fourth-order valence-corrected chi connectivity index (χ4v) is 3.86. The molecular formula is C19H24N4O3S. The van der Waals surface area contributed by atoms with E-state index >= 15 is 0 Å². The Kier molecular flexibility index (Phi) is 5.67. The summed E-state index contributed by atoms with van der Waals surface area (Å²) in [6.45, 7) is 4.52. The number of primary sulfonamides is 1. The SMILES string of the molecule is Cc1ccccc1N1CC[C@H](CNC(=O)Nc2cccc(S(N)(=O)=O)c2)C1. The van der Waals surface area contributed by atoms with E-state index in [1.807, 2.05) is 12.1 Å². The molecule has 144 valence electrons. The minimum atomic E-state index is -3.80. The Morgan fingerprint density at radius 2 is 2.00 bits per heavy atom. The van der Waals surface area contributed by atoms with Crippen LogP contribution in [0.4, 0.5) is 16.2 Å². The lowest BCUT2D eigenvalue weighted by molar-refractivity contribution is 0.250. The molecule has 4 N–H and O–H groups in total. The maximum Gasteiger partial charge on any atom is 0.319 e. The van der Waals surface area contributed by atoms with Crippen LogP contribution in [0.1, 0.15) is 12.0 Å². The van der Waals surface area contributed by atoms with E-state index in [-0.39, 0.29) is 10.9 Å². The number of amides is 2. The van der Waals surface area contributed by atoms with Gasteiger partial charge < -0.3 is 15.5 Å². The number of carbonyl (C=O) groups excluding carboxylic acids is 1. The molecule has 0 spiro atoms. The molecule has 0 bridgehead atoms. The first-order valence-corrected chi connectivity index (χ1v) is 10.4. The fourth-order valence-electron chi connectivity index (χ4n) is 3.30. The predicted molar refractivity (Wildman–Crippen MR) is 106 cm³/mol. The maximum atomic E-state index is 12.1. The zero-order chi connectivity index (χ0) is 19.4. The second kappa shape index (κ2) is 7.98. The molecular weight excluding hydrogens is 364 g/mol. The summed E-state index contributed by atoms with van der Waals surface area (Å²) in [5, 5.41) is 10.6. The molecule has 1 aliphatic heterocycles. The van der Waals surface area contributed by atoms with Gasteiger partial charge in [0.05, 0.1) is 4.90 Å². The first-order valence-electron chi connectivity index (χ1n) is 8.81. The van der Waals surface area contributed by atoms with Crippen molar-refractivity contribution in [3.8, 4) is 0 Å². The number of benzene rings is 2. The quantitative estimate of drug-likeness (QED) is 0.731. The van der Waals surface area contributed by atoms with Crippen LogP contribution in [-0.4, -0.2) is 34.1 Å². The number of nitrogens with two attached hydrogens (primary N) is 1. The summed E-state index contributed by atoms with van der Waals surface area (Å²) >= 11 is 0. The first kappa shape index (κ1) is 19.2. The number of hydrogen-bond donors (Lipinski definition) is 3. The van der Waals surface area contributed by atoms with Gasteiger partial charge in [-0.05, 0) is 49.1 Å². The zero-order valence-electron chi connectivity index (χ0n) is 15.2. The number of anilines is 2. The van der Waals surface area contributed by atoms with Crippen molar-refractivity contribution >= 4 is 27.4 Å². The van der Waals surface area contributed by atoms with Crippen LogP contribution in [0.2, 0.25) is 0 Å². The van der Waals surface area contributed by atoms with Gasteiger partial charge in [0.1, 0.15) is 0 Å². The van der Waals surface area contributed by atoms with Crippen LogP contribution in [0.15, 0.2) is 53.4 Å². The van der Waals surface area contributed by atoms with Gasteiger partial charge in [0.25, 0.3) is 0 Å². The molecule has 3 rings (SSSR count). The van der Waals surface area contributed by atoms with Gasteiger partial charge in [0, 0.05) is 31.0 Å². The molecule has 8 heteroatoms. The average molecular weight is 388 g/mol. The van der Waals surface area contributed by atoms with Gasteiger partial charge in [-0.1, -0.05) is 24.3 Å². The summed E-state index contributed by atoms with van der Waals surface area (Å²) in [4.78, 5) is 14.4. The molecule has 0 aromatic heterocycles. The third kappa shape index (κ3) is 4.99. The predicted octanol–water partition coefficient (Wildman–Crippen LogP) is 2.29. The van der Waals surface area contributed by atoms with Crippen LogP contribution < -0.4 is 20.7 Å². The topological polar surface area (TPSA) is 105 Å².